The van der Waals surface area contributed by atoms with E-state index in [4.69, 9.17) is 35.0 Å². The molecule has 0 fully saturated rings. The summed E-state index contributed by atoms with van der Waals surface area (Å²) in [4.78, 5) is 0. The van der Waals surface area contributed by atoms with Gasteiger partial charge in [-0.15, -0.1) is 0 Å². The van der Waals surface area contributed by atoms with Crippen LogP contribution in [0, 0.1) is 0 Å². The second-order valence-electron chi connectivity index (χ2n) is 0.856. The Balaban J connectivity index is -0.000000107. The molecule has 0 aliphatic carbocycles. The predicted octanol–water partition coefficient (Wildman–Crippen LogP) is -1.99. The van der Waals surface area contributed by atoms with Gasteiger partial charge in [-0.25, -0.2) is 0 Å². The van der Waals surface area contributed by atoms with Crippen molar-refractivity contribution in [3.63, 3.8) is 0 Å². The maximum absolute atomic E-state index is 8.74. The Labute approximate surface area is 73.2 Å². The van der Waals surface area contributed by atoms with E-state index in [2.05, 4.69) is 0 Å². The van der Waals surface area contributed by atoms with Gasteiger partial charge >= 0.3 is 27.5 Å². The van der Waals surface area contributed by atoms with Crippen molar-refractivity contribution in [2.24, 2.45) is 0 Å². The minimum Gasteiger partial charge on any atom is -0.759 e. The van der Waals surface area contributed by atoms with Crippen molar-refractivity contribution < 1.29 is 52.1 Å². The Bertz CT molecular complexity index is 208. The zero-order valence-corrected chi connectivity index (χ0v) is 7.25. The Morgan fingerprint density at radius 1 is 0.909 bits per heavy atom. The molecule has 0 spiro atoms. The first kappa shape index (κ1) is 17.4. The van der Waals surface area contributed by atoms with Crippen LogP contribution in [0.4, 0.5) is 0 Å². The van der Waals surface area contributed by atoms with Gasteiger partial charge in [0.2, 0.25) is 0 Å². The Morgan fingerprint density at radius 3 is 0.909 bits per heavy atom. The van der Waals surface area contributed by atoms with Crippen molar-refractivity contribution >= 4 is 20.8 Å². The van der Waals surface area contributed by atoms with Gasteiger partial charge in [0.05, 0.1) is 0 Å². The molecule has 8 nitrogen and oxygen atoms in total. The second kappa shape index (κ2) is 5.85. The first-order valence-electron chi connectivity index (χ1n) is 1.37. The quantitative estimate of drug-likeness (QED) is 0.284. The van der Waals surface area contributed by atoms with Crippen LogP contribution in [-0.4, -0.2) is 35.0 Å². The molecule has 0 amide bonds. The van der Waals surface area contributed by atoms with Crippen LogP contribution in [0.1, 0.15) is 0 Å². The number of hydrogen-bond acceptors (Lipinski definition) is 6. The summed E-state index contributed by atoms with van der Waals surface area (Å²) in [5.41, 5.74) is 0. The summed E-state index contributed by atoms with van der Waals surface area (Å²) >= 11 is 0. The third kappa shape index (κ3) is 10400. The standard InChI is InChI=1S/Fe.2H2O4S/c;2*1-5(2,3)4/h;2*(H2,1,2,3,4)/q+2;;/p-2. The fraction of sp³-hybridized carbons (Fsp3) is 0. The molecule has 0 atom stereocenters. The summed E-state index contributed by atoms with van der Waals surface area (Å²) in [7, 11) is -9.83. The van der Waals surface area contributed by atoms with E-state index in [-0.39, 0.29) is 17.1 Å². The summed E-state index contributed by atoms with van der Waals surface area (Å²) in [6.45, 7) is 0. The van der Waals surface area contributed by atoms with Crippen molar-refractivity contribution in [1.29, 1.82) is 0 Å². The molecule has 0 bridgehead atoms. The van der Waals surface area contributed by atoms with E-state index in [1.807, 2.05) is 0 Å². The molecular weight excluding hydrogens is 248 g/mol. The summed E-state index contributed by atoms with van der Waals surface area (Å²) in [5.74, 6) is 0. The molecule has 0 heterocycles. The fourth-order valence-electron chi connectivity index (χ4n) is 0. The summed E-state index contributed by atoms with van der Waals surface area (Å²) < 4.78 is 65.7. The van der Waals surface area contributed by atoms with E-state index < -0.39 is 20.8 Å². The van der Waals surface area contributed by atoms with Crippen molar-refractivity contribution in [2.75, 3.05) is 0 Å². The molecular formula is H2FeO8S2. The average Bonchev–Trinajstić information content (AvgIpc) is 1.12. The predicted molar refractivity (Wildman–Crippen MR) is 24.7 cm³/mol. The summed E-state index contributed by atoms with van der Waals surface area (Å²) in [5, 5.41) is 0. The maximum atomic E-state index is 8.74. The molecule has 0 aromatic carbocycles. The largest absolute Gasteiger partial charge is 2.00 e. The molecule has 0 aliphatic rings. The van der Waals surface area contributed by atoms with Gasteiger partial charge in [0.1, 0.15) is 0 Å². The third-order valence-electron chi connectivity index (χ3n) is 0. The van der Waals surface area contributed by atoms with Gasteiger partial charge in [-0.2, -0.15) is 8.42 Å². The molecule has 2 N–H and O–H groups in total. The molecule has 0 saturated heterocycles. The molecule has 0 aromatic rings. The Kier molecular flexibility index (Phi) is 9.24. The van der Waals surface area contributed by atoms with Gasteiger partial charge in [-0.05, 0) is 0 Å². The van der Waals surface area contributed by atoms with Gasteiger partial charge in [0.25, 0.3) is 0 Å². The molecule has 11 heavy (non-hydrogen) atoms. The van der Waals surface area contributed by atoms with Crippen LogP contribution in [0.3, 0.4) is 0 Å². The van der Waals surface area contributed by atoms with Crippen LogP contribution in [0.2, 0.25) is 0 Å². The normalized spacial score (nSPS) is 10.5. The summed E-state index contributed by atoms with van der Waals surface area (Å²) in [6, 6.07) is 0. The van der Waals surface area contributed by atoms with Crippen LogP contribution in [0.15, 0.2) is 0 Å². The van der Waals surface area contributed by atoms with Gasteiger partial charge in [0.15, 0.2) is 0 Å². The van der Waals surface area contributed by atoms with Crippen molar-refractivity contribution in [1.82, 2.24) is 0 Å². The van der Waals surface area contributed by atoms with E-state index in [9.17, 15) is 0 Å². The van der Waals surface area contributed by atoms with Gasteiger partial charge in [-0.1, -0.05) is 0 Å². The molecule has 0 aromatic heterocycles. The van der Waals surface area contributed by atoms with E-state index in [0.717, 1.165) is 0 Å². The first-order valence-corrected chi connectivity index (χ1v) is 4.10. The van der Waals surface area contributed by atoms with Gasteiger partial charge in [-0.3, -0.25) is 17.5 Å². The van der Waals surface area contributed by atoms with Gasteiger partial charge in [0, 0.05) is 10.4 Å². The fourth-order valence-corrected chi connectivity index (χ4v) is 0. The zero-order chi connectivity index (χ0) is 9.00. The van der Waals surface area contributed by atoms with Crippen LogP contribution >= 0.6 is 0 Å². The third-order valence-corrected chi connectivity index (χ3v) is 0. The van der Waals surface area contributed by atoms with E-state index in [1.54, 1.807) is 0 Å². The van der Waals surface area contributed by atoms with Crippen LogP contribution in [-0.2, 0) is 37.9 Å². The number of rotatable bonds is 0. The van der Waals surface area contributed by atoms with E-state index in [1.165, 1.54) is 0 Å². The van der Waals surface area contributed by atoms with E-state index >= 15 is 0 Å². The van der Waals surface area contributed by atoms with Crippen LogP contribution in [0.25, 0.3) is 0 Å². The average molecular weight is 250 g/mol. The van der Waals surface area contributed by atoms with Crippen molar-refractivity contribution in [3.05, 3.63) is 0 Å². The first-order chi connectivity index (χ1) is 4.00. The zero-order valence-electron chi connectivity index (χ0n) is 4.51. The van der Waals surface area contributed by atoms with Crippen LogP contribution in [0.5, 0.6) is 0 Å². The van der Waals surface area contributed by atoms with Crippen molar-refractivity contribution in [2.45, 2.75) is 0 Å². The molecule has 0 aliphatic heterocycles. The van der Waals surface area contributed by atoms with Crippen LogP contribution < -0.4 is 0 Å². The maximum Gasteiger partial charge on any atom is 2.00 e. The SMILES string of the molecule is O=S(=O)(O)O.O=S(=O)([O-])[O-].[Fe+2]. The minimum absolute atomic E-state index is 0. The van der Waals surface area contributed by atoms with Gasteiger partial charge < -0.3 is 9.11 Å². The molecule has 11 heteroatoms. The monoisotopic (exact) mass is 250 g/mol. The second-order valence-corrected chi connectivity index (χ2v) is 2.57. The van der Waals surface area contributed by atoms with Crippen molar-refractivity contribution in [3.8, 4) is 0 Å². The molecule has 0 radical (unpaired) electrons. The molecule has 70 valence electrons. The Hall–Kier alpha value is 0.259. The minimum atomic E-state index is -5.17. The molecule has 0 unspecified atom stereocenters. The molecule has 0 saturated carbocycles. The smallest absolute Gasteiger partial charge is 0.759 e. The molecule has 0 rings (SSSR count). The number of hydrogen-bond donors (Lipinski definition) is 2. The topological polar surface area (TPSA) is 155 Å². The van der Waals surface area contributed by atoms with E-state index in [0.29, 0.717) is 0 Å². The summed E-state index contributed by atoms with van der Waals surface area (Å²) in [6.07, 6.45) is 0. The Morgan fingerprint density at radius 2 is 0.909 bits per heavy atom.